The van der Waals surface area contributed by atoms with E-state index < -0.39 is 10.0 Å². The van der Waals surface area contributed by atoms with E-state index >= 15 is 0 Å². The molecule has 0 heterocycles. The van der Waals surface area contributed by atoms with Gasteiger partial charge in [-0.3, -0.25) is 9.52 Å². The van der Waals surface area contributed by atoms with Crippen molar-refractivity contribution >= 4 is 21.6 Å². The lowest BCUT2D eigenvalue weighted by molar-refractivity contribution is 0.0942. The van der Waals surface area contributed by atoms with E-state index in [0.29, 0.717) is 11.3 Å². The van der Waals surface area contributed by atoms with Crippen molar-refractivity contribution in [2.45, 2.75) is 6.04 Å². The second-order valence-electron chi connectivity index (χ2n) is 6.20. The second kappa shape index (κ2) is 8.29. The Morgan fingerprint density at radius 3 is 2.46 bits per heavy atom. The highest BCUT2D eigenvalue weighted by Crippen LogP contribution is 2.19. The largest absolute Gasteiger partial charge is 0.350 e. The van der Waals surface area contributed by atoms with Gasteiger partial charge in [-0.05, 0) is 50.0 Å². The SMILES string of the molecule is CN(C)C(CNC(=O)c1cccc(NS(C)(=O)=O)c1)c1cccc(F)c1. The number of hydrogen-bond donors (Lipinski definition) is 2. The molecule has 2 aromatic carbocycles. The van der Waals surface area contributed by atoms with Crippen LogP contribution in [0.4, 0.5) is 10.1 Å². The number of nitrogens with zero attached hydrogens (tertiary/aromatic N) is 1. The highest BCUT2D eigenvalue weighted by atomic mass is 32.2. The highest BCUT2D eigenvalue weighted by Gasteiger charge is 2.17. The molecule has 0 aliphatic heterocycles. The third-order valence-corrected chi connectivity index (χ3v) is 4.35. The van der Waals surface area contributed by atoms with Crippen molar-refractivity contribution in [3.8, 4) is 0 Å². The topological polar surface area (TPSA) is 78.5 Å². The summed E-state index contributed by atoms with van der Waals surface area (Å²) in [5, 5.41) is 2.81. The molecule has 140 valence electrons. The average molecular weight is 379 g/mol. The van der Waals surface area contributed by atoms with Gasteiger partial charge < -0.3 is 10.2 Å². The Kier molecular flexibility index (Phi) is 6.33. The molecule has 1 amide bonds. The van der Waals surface area contributed by atoms with Crippen LogP contribution in [0.5, 0.6) is 0 Å². The summed E-state index contributed by atoms with van der Waals surface area (Å²) >= 11 is 0. The fraction of sp³-hybridized carbons (Fsp3) is 0.278. The van der Waals surface area contributed by atoms with Crippen LogP contribution in [0, 0.1) is 5.82 Å². The number of benzene rings is 2. The first-order valence-electron chi connectivity index (χ1n) is 7.93. The number of carbonyl (C=O) groups is 1. The van der Waals surface area contributed by atoms with Crippen molar-refractivity contribution < 1.29 is 17.6 Å². The van der Waals surface area contributed by atoms with E-state index in [4.69, 9.17) is 0 Å². The molecule has 0 radical (unpaired) electrons. The van der Waals surface area contributed by atoms with E-state index in [0.717, 1.165) is 11.8 Å². The molecule has 0 aliphatic carbocycles. The Labute approximate surface area is 153 Å². The molecule has 0 saturated heterocycles. The van der Waals surface area contributed by atoms with E-state index in [1.165, 1.54) is 18.2 Å². The van der Waals surface area contributed by atoms with E-state index in [2.05, 4.69) is 10.0 Å². The number of rotatable bonds is 7. The van der Waals surface area contributed by atoms with Crippen LogP contribution in [0.3, 0.4) is 0 Å². The van der Waals surface area contributed by atoms with Gasteiger partial charge in [0, 0.05) is 17.8 Å². The Balaban J connectivity index is 2.10. The van der Waals surface area contributed by atoms with Crippen LogP contribution in [0.15, 0.2) is 48.5 Å². The van der Waals surface area contributed by atoms with E-state index in [-0.39, 0.29) is 24.3 Å². The Morgan fingerprint density at radius 1 is 1.15 bits per heavy atom. The van der Waals surface area contributed by atoms with Crippen LogP contribution in [-0.2, 0) is 10.0 Å². The van der Waals surface area contributed by atoms with E-state index in [1.807, 2.05) is 19.0 Å². The van der Waals surface area contributed by atoms with Gasteiger partial charge in [0.15, 0.2) is 0 Å². The van der Waals surface area contributed by atoms with Crippen LogP contribution in [-0.4, -0.2) is 46.1 Å². The molecule has 0 saturated carbocycles. The Hall–Kier alpha value is -2.45. The van der Waals surface area contributed by atoms with Crippen LogP contribution in [0.1, 0.15) is 22.0 Å². The molecule has 2 rings (SSSR count). The van der Waals surface area contributed by atoms with Crippen molar-refractivity contribution in [3.63, 3.8) is 0 Å². The predicted octanol–water partition coefficient (Wildman–Crippen LogP) is 2.23. The molecule has 2 N–H and O–H groups in total. The van der Waals surface area contributed by atoms with Gasteiger partial charge in [0.1, 0.15) is 5.82 Å². The van der Waals surface area contributed by atoms with Crippen LogP contribution < -0.4 is 10.0 Å². The molecule has 0 spiro atoms. The van der Waals surface area contributed by atoms with Crippen molar-refractivity contribution in [1.82, 2.24) is 10.2 Å². The molecule has 8 heteroatoms. The fourth-order valence-electron chi connectivity index (χ4n) is 2.54. The smallest absolute Gasteiger partial charge is 0.251 e. The number of carbonyl (C=O) groups excluding carboxylic acids is 1. The monoisotopic (exact) mass is 379 g/mol. The van der Waals surface area contributed by atoms with Crippen LogP contribution >= 0.6 is 0 Å². The highest BCUT2D eigenvalue weighted by molar-refractivity contribution is 7.92. The number of likely N-dealkylation sites (N-methyl/N-ethyl adjacent to an activating group) is 1. The predicted molar refractivity (Wildman–Crippen MR) is 100 cm³/mol. The minimum absolute atomic E-state index is 0.202. The van der Waals surface area contributed by atoms with Gasteiger partial charge in [-0.2, -0.15) is 0 Å². The van der Waals surface area contributed by atoms with Crippen molar-refractivity contribution in [2.24, 2.45) is 0 Å². The maximum absolute atomic E-state index is 13.5. The van der Waals surface area contributed by atoms with Gasteiger partial charge in [-0.15, -0.1) is 0 Å². The molecule has 1 atom stereocenters. The summed E-state index contributed by atoms with van der Waals surface area (Å²) in [5.41, 5.74) is 1.40. The maximum Gasteiger partial charge on any atom is 0.251 e. The summed E-state index contributed by atoms with van der Waals surface area (Å²) in [7, 11) is 0.271. The van der Waals surface area contributed by atoms with Gasteiger partial charge in [0.05, 0.1) is 12.3 Å². The first-order chi connectivity index (χ1) is 12.2. The summed E-state index contributed by atoms with van der Waals surface area (Å²) in [5.74, 6) is -0.675. The molecule has 0 fully saturated rings. The normalized spacial score (nSPS) is 12.7. The summed E-state index contributed by atoms with van der Waals surface area (Å²) < 4.78 is 38.4. The Bertz CT molecular complexity index is 885. The minimum Gasteiger partial charge on any atom is -0.350 e. The summed E-state index contributed by atoms with van der Waals surface area (Å²) in [6, 6.07) is 12.2. The van der Waals surface area contributed by atoms with Crippen molar-refractivity contribution in [3.05, 3.63) is 65.5 Å². The first-order valence-corrected chi connectivity index (χ1v) is 9.83. The molecule has 26 heavy (non-hydrogen) atoms. The first kappa shape index (κ1) is 19.9. The van der Waals surface area contributed by atoms with Gasteiger partial charge in [-0.25, -0.2) is 12.8 Å². The fourth-order valence-corrected chi connectivity index (χ4v) is 3.10. The molecule has 1 unspecified atom stereocenters. The zero-order chi connectivity index (χ0) is 19.3. The number of nitrogens with one attached hydrogen (secondary N) is 2. The summed E-state index contributed by atoms with van der Waals surface area (Å²) in [6.07, 6.45) is 1.04. The molecule has 0 aromatic heterocycles. The third-order valence-electron chi connectivity index (χ3n) is 3.74. The van der Waals surface area contributed by atoms with Crippen molar-refractivity contribution in [2.75, 3.05) is 31.6 Å². The average Bonchev–Trinajstić information content (AvgIpc) is 2.53. The lowest BCUT2D eigenvalue weighted by atomic mass is 10.1. The van der Waals surface area contributed by atoms with Crippen molar-refractivity contribution in [1.29, 1.82) is 0 Å². The lowest BCUT2D eigenvalue weighted by Crippen LogP contribution is -2.34. The third kappa shape index (κ3) is 5.82. The van der Waals surface area contributed by atoms with Gasteiger partial charge in [0.25, 0.3) is 5.91 Å². The van der Waals surface area contributed by atoms with Crippen LogP contribution in [0.2, 0.25) is 0 Å². The standard InChI is InChI=1S/C18H22FN3O3S/c1-22(2)17(13-6-4-8-15(19)10-13)12-20-18(23)14-7-5-9-16(11-14)21-26(3,24)25/h4-11,17,21H,12H2,1-3H3,(H,20,23). The number of anilines is 1. The number of hydrogen-bond acceptors (Lipinski definition) is 4. The van der Waals surface area contributed by atoms with E-state index in [1.54, 1.807) is 30.3 Å². The summed E-state index contributed by atoms with van der Waals surface area (Å²) in [4.78, 5) is 14.3. The molecular formula is C18H22FN3O3S. The van der Waals surface area contributed by atoms with Gasteiger partial charge >= 0.3 is 0 Å². The Morgan fingerprint density at radius 2 is 1.85 bits per heavy atom. The zero-order valence-electron chi connectivity index (χ0n) is 14.9. The number of halogens is 1. The number of sulfonamides is 1. The molecule has 6 nitrogen and oxygen atoms in total. The molecular weight excluding hydrogens is 357 g/mol. The second-order valence-corrected chi connectivity index (χ2v) is 7.95. The maximum atomic E-state index is 13.5. The molecule has 0 aliphatic rings. The lowest BCUT2D eigenvalue weighted by Gasteiger charge is -2.25. The summed E-state index contributed by atoms with van der Waals surface area (Å²) in [6.45, 7) is 0.277. The molecule has 2 aromatic rings. The van der Waals surface area contributed by atoms with Crippen LogP contribution in [0.25, 0.3) is 0 Å². The van der Waals surface area contributed by atoms with Gasteiger partial charge in [-0.1, -0.05) is 18.2 Å². The molecule has 0 bridgehead atoms. The minimum atomic E-state index is -3.42. The quantitative estimate of drug-likeness (QED) is 0.773. The zero-order valence-corrected chi connectivity index (χ0v) is 15.7. The van der Waals surface area contributed by atoms with Gasteiger partial charge in [0.2, 0.25) is 10.0 Å². The number of amides is 1. The van der Waals surface area contributed by atoms with E-state index in [9.17, 15) is 17.6 Å².